The zero-order valence-corrected chi connectivity index (χ0v) is 34.4. The average Bonchev–Trinajstić information content (AvgIpc) is 3.92. The summed E-state index contributed by atoms with van der Waals surface area (Å²) in [6.45, 7) is 4.80. The van der Waals surface area contributed by atoms with E-state index >= 15 is 0 Å². The van der Waals surface area contributed by atoms with E-state index in [4.69, 9.17) is 0 Å². The largest absolute Gasteiger partial charge is 0.310 e. The number of anilines is 3. The van der Waals surface area contributed by atoms with Gasteiger partial charge in [0.2, 0.25) is 0 Å². The van der Waals surface area contributed by atoms with Crippen LogP contribution in [0.2, 0.25) is 0 Å². The minimum absolute atomic E-state index is 0.266. The highest BCUT2D eigenvalue weighted by Crippen LogP contribution is 2.58. The summed E-state index contributed by atoms with van der Waals surface area (Å²) < 4.78 is 2.65. The molecule has 1 nitrogen and oxygen atoms in total. The molecule has 1 aromatic heterocycles. The molecule has 0 fully saturated rings. The van der Waals surface area contributed by atoms with Crippen molar-refractivity contribution in [2.75, 3.05) is 4.90 Å². The quantitative estimate of drug-likeness (QED) is 0.162. The Morgan fingerprint density at radius 1 is 0.367 bits per heavy atom. The molecule has 1 heterocycles. The fourth-order valence-electron chi connectivity index (χ4n) is 10.6. The van der Waals surface area contributed by atoms with Crippen LogP contribution in [-0.2, 0) is 10.8 Å². The first kappa shape index (κ1) is 35.0. The third-order valence-corrected chi connectivity index (χ3v) is 14.8. The molecule has 0 saturated carbocycles. The van der Waals surface area contributed by atoms with Gasteiger partial charge in [-0.2, -0.15) is 0 Å². The van der Waals surface area contributed by atoms with E-state index in [1.807, 2.05) is 11.3 Å². The molecule has 2 aliphatic rings. The highest BCUT2D eigenvalue weighted by Gasteiger charge is 2.43. The van der Waals surface area contributed by atoms with Crippen molar-refractivity contribution in [2.24, 2.45) is 0 Å². The van der Waals surface area contributed by atoms with Gasteiger partial charge in [0.1, 0.15) is 0 Å². The van der Waals surface area contributed by atoms with Gasteiger partial charge in [-0.05, 0) is 124 Å². The predicted molar refractivity (Wildman–Crippen MR) is 254 cm³/mol. The van der Waals surface area contributed by atoms with Crippen LogP contribution in [0.1, 0.15) is 47.2 Å². The van der Waals surface area contributed by atoms with Crippen LogP contribution in [0.4, 0.5) is 17.1 Å². The maximum absolute atomic E-state index is 2.51. The molecule has 2 unspecified atom stereocenters. The minimum Gasteiger partial charge on any atom is -0.310 e. The molecule has 60 heavy (non-hydrogen) atoms. The van der Waals surface area contributed by atoms with Gasteiger partial charge in [-0.1, -0.05) is 164 Å². The summed E-state index contributed by atoms with van der Waals surface area (Å²) in [5, 5.41) is 2.64. The Kier molecular flexibility index (Phi) is 7.73. The summed E-state index contributed by atoms with van der Waals surface area (Å²) >= 11 is 1.87. The number of hydrogen-bond acceptors (Lipinski definition) is 2. The number of hydrogen-bond donors (Lipinski definition) is 0. The Balaban J connectivity index is 1.07. The number of nitrogens with zero attached hydrogens (tertiary/aromatic N) is 1. The molecule has 2 aliphatic carbocycles. The van der Waals surface area contributed by atoms with Crippen LogP contribution in [0.15, 0.2) is 212 Å². The number of rotatable bonds is 6. The second-order valence-corrected chi connectivity index (χ2v) is 17.8. The smallest absolute Gasteiger partial charge is 0.0543 e. The summed E-state index contributed by atoms with van der Waals surface area (Å²) in [5.41, 5.74) is 18.4. The van der Waals surface area contributed by atoms with Crippen molar-refractivity contribution in [2.45, 2.75) is 24.7 Å². The van der Waals surface area contributed by atoms with Crippen molar-refractivity contribution in [3.8, 4) is 33.4 Å². The van der Waals surface area contributed by atoms with Gasteiger partial charge in [-0.15, -0.1) is 11.3 Å². The third kappa shape index (κ3) is 4.98. The first-order chi connectivity index (χ1) is 29.5. The van der Waals surface area contributed by atoms with Crippen molar-refractivity contribution in [3.63, 3.8) is 0 Å². The van der Waals surface area contributed by atoms with Crippen molar-refractivity contribution < 1.29 is 0 Å². The van der Waals surface area contributed by atoms with Gasteiger partial charge in [0, 0.05) is 47.9 Å². The molecule has 10 aromatic rings. The third-order valence-electron chi connectivity index (χ3n) is 13.7. The molecule has 0 saturated heterocycles. The van der Waals surface area contributed by atoms with Gasteiger partial charge < -0.3 is 4.90 Å². The molecule has 9 aromatic carbocycles. The molecule has 2 heteroatoms. The lowest BCUT2D eigenvalue weighted by Crippen LogP contribution is -2.22. The zero-order chi connectivity index (χ0) is 40.0. The van der Waals surface area contributed by atoms with Gasteiger partial charge in [-0.25, -0.2) is 0 Å². The van der Waals surface area contributed by atoms with E-state index in [1.165, 1.54) is 92.6 Å². The van der Waals surface area contributed by atoms with Gasteiger partial charge in [0.05, 0.1) is 5.69 Å². The van der Waals surface area contributed by atoms with E-state index in [0.29, 0.717) is 0 Å². The summed E-state index contributed by atoms with van der Waals surface area (Å²) in [7, 11) is 0. The van der Waals surface area contributed by atoms with Crippen LogP contribution in [0.3, 0.4) is 0 Å². The standard InChI is InChI=1S/C58H41NS/c1-57(40-16-5-3-6-17-40)49-23-12-9-20-44(49)47-37-43(33-34-51(47)57)59(42-31-28-38(29-32-42)39-30-35-55-48(36-39)45-21-11-14-27-54(45)60-55)53-26-15-25-52-56(53)46-22-10-13-24-50(46)58(52,2)41-18-7-4-8-19-41/h3-37H,1-2H3. The normalized spacial score (nSPS) is 17.3. The molecule has 0 radical (unpaired) electrons. The molecule has 0 N–H and O–H groups in total. The maximum Gasteiger partial charge on any atom is 0.0543 e. The molecule has 0 bridgehead atoms. The van der Waals surface area contributed by atoms with Crippen LogP contribution in [-0.4, -0.2) is 0 Å². The highest BCUT2D eigenvalue weighted by molar-refractivity contribution is 7.25. The van der Waals surface area contributed by atoms with Crippen LogP contribution in [0, 0.1) is 0 Å². The Hall–Kier alpha value is -7.00. The summed E-state index contributed by atoms with van der Waals surface area (Å²) in [6.07, 6.45) is 0. The first-order valence-electron chi connectivity index (χ1n) is 20.9. The molecule has 0 aliphatic heterocycles. The second-order valence-electron chi connectivity index (χ2n) is 16.7. The Labute approximate surface area is 355 Å². The lowest BCUT2D eigenvalue weighted by Gasteiger charge is -2.31. The summed E-state index contributed by atoms with van der Waals surface area (Å²) in [4.78, 5) is 2.51. The lowest BCUT2D eigenvalue weighted by atomic mass is 9.74. The second kappa shape index (κ2) is 13.3. The number of thiophene rings is 1. The molecular formula is C58H41NS. The fraction of sp³-hybridized carbons (Fsp3) is 0.0690. The maximum atomic E-state index is 2.51. The SMILES string of the molecule is CC1(c2ccccc2)c2ccccc2-c2cc(N(c3ccc(-c4ccc5sc6ccccc6c5c4)cc3)c3cccc4c3-c3ccccc3C4(C)c3ccccc3)ccc21. The monoisotopic (exact) mass is 783 g/mol. The van der Waals surface area contributed by atoms with Crippen LogP contribution < -0.4 is 4.90 Å². The van der Waals surface area contributed by atoms with Crippen molar-refractivity contribution in [1.29, 1.82) is 0 Å². The van der Waals surface area contributed by atoms with Crippen LogP contribution in [0.25, 0.3) is 53.6 Å². The highest BCUT2D eigenvalue weighted by atomic mass is 32.1. The lowest BCUT2D eigenvalue weighted by molar-refractivity contribution is 0.713. The van der Waals surface area contributed by atoms with Gasteiger partial charge in [-0.3, -0.25) is 0 Å². The van der Waals surface area contributed by atoms with E-state index in [1.54, 1.807) is 0 Å². The van der Waals surface area contributed by atoms with Crippen LogP contribution in [0.5, 0.6) is 0 Å². The van der Waals surface area contributed by atoms with Crippen molar-refractivity contribution >= 4 is 48.6 Å². The van der Waals surface area contributed by atoms with Crippen molar-refractivity contribution in [1.82, 2.24) is 0 Å². The molecular weight excluding hydrogens is 743 g/mol. The van der Waals surface area contributed by atoms with Gasteiger partial charge in [0.25, 0.3) is 0 Å². The topological polar surface area (TPSA) is 3.24 Å². The number of fused-ring (bicyclic) bond motifs is 9. The van der Waals surface area contributed by atoms with Crippen molar-refractivity contribution in [3.05, 3.63) is 246 Å². The Morgan fingerprint density at radius 3 is 1.67 bits per heavy atom. The predicted octanol–water partition coefficient (Wildman–Crippen LogP) is 15.9. The zero-order valence-electron chi connectivity index (χ0n) is 33.6. The van der Waals surface area contributed by atoms with E-state index in [2.05, 4.69) is 231 Å². The van der Waals surface area contributed by atoms with E-state index < -0.39 is 0 Å². The molecule has 0 spiro atoms. The Morgan fingerprint density at radius 2 is 0.917 bits per heavy atom. The van der Waals surface area contributed by atoms with E-state index in [-0.39, 0.29) is 10.8 Å². The summed E-state index contributed by atoms with van der Waals surface area (Å²) in [6, 6.07) is 79.1. The molecule has 12 rings (SSSR count). The molecule has 284 valence electrons. The molecule has 2 atom stereocenters. The Bertz CT molecular complexity index is 3290. The van der Waals surface area contributed by atoms with Gasteiger partial charge >= 0.3 is 0 Å². The minimum atomic E-state index is -0.308. The first-order valence-corrected chi connectivity index (χ1v) is 21.7. The average molecular weight is 784 g/mol. The summed E-state index contributed by atoms with van der Waals surface area (Å²) in [5.74, 6) is 0. The number of benzene rings is 9. The van der Waals surface area contributed by atoms with E-state index in [9.17, 15) is 0 Å². The van der Waals surface area contributed by atoms with Gasteiger partial charge in [0.15, 0.2) is 0 Å². The fourth-order valence-corrected chi connectivity index (χ4v) is 11.7. The van der Waals surface area contributed by atoms with Crippen LogP contribution >= 0.6 is 11.3 Å². The molecule has 0 amide bonds. The van der Waals surface area contributed by atoms with E-state index in [0.717, 1.165) is 11.4 Å².